The van der Waals surface area contributed by atoms with E-state index in [1.807, 2.05) is 65.6 Å². The zero-order valence-electron chi connectivity index (χ0n) is 16.5. The number of hydrogen-bond acceptors (Lipinski definition) is 5. The Hall–Kier alpha value is -2.57. The molecule has 2 aliphatic rings. The molecule has 1 aliphatic carbocycles. The predicted octanol–water partition coefficient (Wildman–Crippen LogP) is 5.60. The zero-order chi connectivity index (χ0) is 20.5. The molecule has 0 bridgehead atoms. The van der Waals surface area contributed by atoms with Gasteiger partial charge in [0.05, 0.1) is 11.3 Å². The molecule has 30 heavy (non-hydrogen) atoms. The molecule has 1 N–H and O–H groups in total. The van der Waals surface area contributed by atoms with E-state index in [1.165, 1.54) is 28.6 Å². The maximum Gasteiger partial charge on any atom is 0.263 e. The van der Waals surface area contributed by atoms with Crippen LogP contribution in [-0.2, 0) is 12.8 Å². The molecule has 5 rings (SSSR count). The Morgan fingerprint density at radius 1 is 1.03 bits per heavy atom. The van der Waals surface area contributed by atoms with Gasteiger partial charge in [0.2, 0.25) is 0 Å². The Bertz CT molecular complexity index is 1080. The van der Waals surface area contributed by atoms with Crippen molar-refractivity contribution in [3.05, 3.63) is 82.2 Å². The van der Waals surface area contributed by atoms with Crippen LogP contribution in [0.3, 0.4) is 0 Å². The molecule has 152 valence electrons. The molecule has 0 radical (unpaired) electrons. The summed E-state index contributed by atoms with van der Waals surface area (Å²) in [6.07, 6.45) is 4.35. The second kappa shape index (κ2) is 8.28. The lowest BCUT2D eigenvalue weighted by molar-refractivity contribution is 0.0979. The van der Waals surface area contributed by atoms with Gasteiger partial charge in [-0.1, -0.05) is 48.5 Å². The average Bonchev–Trinajstić information content (AvgIpc) is 3.17. The van der Waals surface area contributed by atoms with Gasteiger partial charge in [-0.05, 0) is 43.4 Å². The summed E-state index contributed by atoms with van der Waals surface area (Å²) in [7, 11) is 0. The molecule has 1 amide bonds. The third-order valence-corrected chi connectivity index (χ3v) is 7.89. The largest absolute Gasteiger partial charge is 0.347 e. The minimum absolute atomic E-state index is 0.0408. The first-order chi connectivity index (χ1) is 14.7. The minimum Gasteiger partial charge on any atom is -0.347 e. The van der Waals surface area contributed by atoms with Crippen molar-refractivity contribution in [2.24, 2.45) is 0 Å². The molecule has 0 saturated carbocycles. The fourth-order valence-corrected chi connectivity index (χ4v) is 6.54. The lowest BCUT2D eigenvalue weighted by atomic mass is 9.94. The lowest BCUT2D eigenvalue weighted by Crippen LogP contribution is -2.47. The number of aryl methyl sites for hydroxylation is 1. The number of thiophene rings is 1. The zero-order valence-corrected chi connectivity index (χ0v) is 18.1. The van der Waals surface area contributed by atoms with Crippen LogP contribution in [0.1, 0.15) is 44.0 Å². The summed E-state index contributed by atoms with van der Waals surface area (Å²) in [5, 5.41) is 4.54. The number of anilines is 2. The number of rotatable bonds is 5. The van der Waals surface area contributed by atoms with Crippen molar-refractivity contribution >= 4 is 45.5 Å². The summed E-state index contributed by atoms with van der Waals surface area (Å²) in [5.74, 6) is 0.414. The lowest BCUT2D eigenvalue weighted by Gasteiger charge is -2.36. The monoisotopic (exact) mass is 434 g/mol. The Morgan fingerprint density at radius 2 is 1.73 bits per heavy atom. The fourth-order valence-electron chi connectivity index (χ4n) is 4.12. The summed E-state index contributed by atoms with van der Waals surface area (Å²) in [4.78, 5) is 29.5. The molecule has 1 aliphatic heterocycles. The average molecular weight is 435 g/mol. The van der Waals surface area contributed by atoms with Crippen LogP contribution in [0.4, 0.5) is 10.7 Å². The van der Waals surface area contributed by atoms with E-state index >= 15 is 0 Å². The molecule has 0 saturated heterocycles. The van der Waals surface area contributed by atoms with E-state index in [-0.39, 0.29) is 17.2 Å². The van der Waals surface area contributed by atoms with Crippen LogP contribution < -0.4 is 10.2 Å². The van der Waals surface area contributed by atoms with Gasteiger partial charge in [0.15, 0.2) is 11.3 Å². The molecule has 0 fully saturated rings. The van der Waals surface area contributed by atoms with Gasteiger partial charge in [-0.2, -0.15) is 0 Å². The number of para-hydroxylation sites is 1. The second-order valence-corrected chi connectivity index (χ2v) is 9.70. The predicted molar refractivity (Wildman–Crippen MR) is 125 cm³/mol. The first kappa shape index (κ1) is 19.4. The summed E-state index contributed by atoms with van der Waals surface area (Å²) in [5.41, 5.74) is 3.29. The number of Topliss-reactive ketones (excluding diaryl/α,β-unsaturated/α-hetero) is 1. The van der Waals surface area contributed by atoms with E-state index in [0.29, 0.717) is 11.3 Å². The summed E-state index contributed by atoms with van der Waals surface area (Å²) < 4.78 is 0. The number of carbonyl (C=O) groups excluding carboxylic acids is 2. The highest BCUT2D eigenvalue weighted by Gasteiger charge is 2.38. The van der Waals surface area contributed by atoms with Crippen molar-refractivity contribution in [2.45, 2.75) is 31.2 Å². The third kappa shape index (κ3) is 3.55. The Kier molecular flexibility index (Phi) is 5.35. The maximum atomic E-state index is 13.7. The summed E-state index contributed by atoms with van der Waals surface area (Å²) in [6, 6.07) is 19.1. The smallest absolute Gasteiger partial charge is 0.263 e. The number of fused-ring (bicyclic) bond motifs is 3. The number of nitrogens with one attached hydrogen (secondary N) is 1. The first-order valence-corrected chi connectivity index (χ1v) is 12.1. The quantitative estimate of drug-likeness (QED) is 0.531. The van der Waals surface area contributed by atoms with Gasteiger partial charge < -0.3 is 5.32 Å². The maximum absolute atomic E-state index is 13.7. The van der Waals surface area contributed by atoms with Crippen molar-refractivity contribution in [2.75, 3.05) is 16.0 Å². The van der Waals surface area contributed by atoms with Crippen LogP contribution in [0.25, 0.3) is 0 Å². The highest BCUT2D eigenvalue weighted by Crippen LogP contribution is 2.44. The number of nitrogens with zero attached hydrogens (tertiary/aromatic N) is 1. The minimum atomic E-state index is -0.319. The molecule has 2 heterocycles. The van der Waals surface area contributed by atoms with E-state index in [1.54, 1.807) is 11.3 Å². The van der Waals surface area contributed by atoms with E-state index < -0.39 is 0 Å². The molecule has 0 unspecified atom stereocenters. The van der Waals surface area contributed by atoms with Crippen LogP contribution in [0.5, 0.6) is 0 Å². The van der Waals surface area contributed by atoms with E-state index in [0.717, 1.165) is 35.5 Å². The first-order valence-electron chi connectivity index (χ1n) is 10.2. The van der Waals surface area contributed by atoms with Crippen molar-refractivity contribution in [1.82, 2.24) is 0 Å². The van der Waals surface area contributed by atoms with Crippen LogP contribution in [0.15, 0.2) is 60.7 Å². The molecule has 2 aromatic carbocycles. The van der Waals surface area contributed by atoms with Gasteiger partial charge in [-0.25, -0.2) is 0 Å². The van der Waals surface area contributed by atoms with Gasteiger partial charge in [0.25, 0.3) is 5.91 Å². The number of hydrogen-bond donors (Lipinski definition) is 1. The van der Waals surface area contributed by atoms with E-state index in [9.17, 15) is 9.59 Å². The van der Waals surface area contributed by atoms with E-state index in [4.69, 9.17) is 0 Å². The molecule has 3 aromatic rings. The molecule has 1 atom stereocenters. The summed E-state index contributed by atoms with van der Waals surface area (Å²) in [6.45, 7) is 0. The van der Waals surface area contributed by atoms with Crippen LogP contribution in [-0.4, -0.2) is 22.9 Å². The van der Waals surface area contributed by atoms with Crippen LogP contribution >= 0.6 is 23.1 Å². The highest BCUT2D eigenvalue weighted by atomic mass is 32.2. The van der Waals surface area contributed by atoms with Gasteiger partial charge in [0, 0.05) is 16.1 Å². The van der Waals surface area contributed by atoms with Crippen molar-refractivity contribution in [3.8, 4) is 0 Å². The SMILES string of the molecule is O=C(CS[C@@H]1Nc2sc3c(c2C(=O)N1c1ccccc1)CCCC3)c1ccccc1. The van der Waals surface area contributed by atoms with Crippen molar-refractivity contribution in [3.63, 3.8) is 0 Å². The standard InChI is InChI=1S/C24H22N2O2S2/c27-19(16-9-3-1-4-10-16)15-29-24-25-22-21(18-13-7-8-14-20(18)30-22)23(28)26(24)17-11-5-2-6-12-17/h1-6,9-12,24-25H,7-8,13-15H2/t24-/m1/s1. The number of ketones is 1. The van der Waals surface area contributed by atoms with Gasteiger partial charge in [-0.15, -0.1) is 23.1 Å². The van der Waals surface area contributed by atoms with Crippen LogP contribution in [0.2, 0.25) is 0 Å². The van der Waals surface area contributed by atoms with Gasteiger partial charge >= 0.3 is 0 Å². The molecule has 0 spiro atoms. The van der Waals surface area contributed by atoms with Crippen molar-refractivity contribution in [1.29, 1.82) is 0 Å². The molecule has 6 heteroatoms. The second-order valence-electron chi connectivity index (χ2n) is 7.52. The Labute approximate surface area is 184 Å². The van der Waals surface area contributed by atoms with Gasteiger partial charge in [-0.3, -0.25) is 14.5 Å². The number of thioether (sulfide) groups is 1. The van der Waals surface area contributed by atoms with E-state index in [2.05, 4.69) is 5.32 Å². The molecule has 1 aromatic heterocycles. The third-order valence-electron chi connectivity index (χ3n) is 5.60. The molecular weight excluding hydrogens is 412 g/mol. The fraction of sp³-hybridized carbons (Fsp3) is 0.250. The number of carbonyl (C=O) groups is 2. The number of benzene rings is 2. The Morgan fingerprint density at radius 3 is 2.50 bits per heavy atom. The number of amides is 1. The van der Waals surface area contributed by atoms with Crippen LogP contribution in [0, 0.1) is 0 Å². The summed E-state index contributed by atoms with van der Waals surface area (Å²) >= 11 is 3.18. The highest BCUT2D eigenvalue weighted by molar-refractivity contribution is 8.00. The normalized spacial score (nSPS) is 17.8. The topological polar surface area (TPSA) is 49.4 Å². The van der Waals surface area contributed by atoms with Crippen molar-refractivity contribution < 1.29 is 9.59 Å². The Balaban J connectivity index is 1.46. The molecule has 4 nitrogen and oxygen atoms in total. The molecular formula is C24H22N2O2S2. The van der Waals surface area contributed by atoms with Gasteiger partial charge in [0.1, 0.15) is 5.00 Å².